The van der Waals surface area contributed by atoms with Crippen molar-refractivity contribution in [2.24, 2.45) is 11.8 Å². The Balaban J connectivity index is 1.58. The van der Waals surface area contributed by atoms with Crippen LogP contribution in [0.5, 0.6) is 0 Å². The molecule has 1 aromatic carbocycles. The normalized spacial score (nSPS) is 49.8. The molecule has 0 aromatic heterocycles. The molecule has 5 heteroatoms. The molecule has 5 bridgehead atoms. The molecule has 5 fully saturated rings. The van der Waals surface area contributed by atoms with E-state index in [2.05, 4.69) is 42.2 Å². The summed E-state index contributed by atoms with van der Waals surface area (Å²) in [4.78, 5) is 2.29. The third-order valence-electron chi connectivity index (χ3n) is 8.37. The van der Waals surface area contributed by atoms with E-state index in [1.165, 1.54) is 16.8 Å². The van der Waals surface area contributed by atoms with Crippen LogP contribution < -0.4 is 10.4 Å². The average molecular weight is 339 g/mol. The van der Waals surface area contributed by atoms with Gasteiger partial charge in [-0.25, -0.2) is 0 Å². The first-order chi connectivity index (χ1) is 12.1. The Morgan fingerprint density at radius 3 is 2.96 bits per heavy atom. The first-order valence-electron chi connectivity index (χ1n) is 9.67. The zero-order valence-electron chi connectivity index (χ0n) is 14.6. The maximum absolute atomic E-state index is 14.1. The molecule has 7 atom stereocenters. The summed E-state index contributed by atoms with van der Waals surface area (Å²) in [6.45, 7) is 3.20. The maximum atomic E-state index is 14.1. The number of nitrogens with two attached hydrogens (primary N) is 1. The van der Waals surface area contributed by atoms with Gasteiger partial charge in [0.15, 0.2) is 6.67 Å². The number of nitrogens with zero attached hydrogens (tertiary/aromatic N) is 2. The van der Waals surface area contributed by atoms with Crippen LogP contribution in [0.25, 0.3) is 0 Å². The fraction of sp³-hybridized carbons (Fsp3) is 0.600. The Bertz CT molecular complexity index is 795. The van der Waals surface area contributed by atoms with E-state index in [1.807, 2.05) is 0 Å². The summed E-state index contributed by atoms with van der Waals surface area (Å²) in [7, 11) is 0. The van der Waals surface area contributed by atoms with Crippen molar-refractivity contribution in [3.63, 3.8) is 0 Å². The van der Waals surface area contributed by atoms with Crippen molar-refractivity contribution in [3.8, 4) is 0 Å². The summed E-state index contributed by atoms with van der Waals surface area (Å²) in [5, 5.41) is 25.6. The van der Waals surface area contributed by atoms with Crippen LogP contribution >= 0.6 is 0 Å². The van der Waals surface area contributed by atoms with Gasteiger partial charge in [0.05, 0.1) is 12.1 Å². The van der Waals surface area contributed by atoms with Crippen LogP contribution in [-0.2, 0) is 5.41 Å². The molecule has 132 valence electrons. The van der Waals surface area contributed by atoms with Gasteiger partial charge in [-0.1, -0.05) is 24.3 Å². The van der Waals surface area contributed by atoms with E-state index in [0.29, 0.717) is 25.0 Å². The summed E-state index contributed by atoms with van der Waals surface area (Å²) in [5.74, 6) is 1.13. The highest BCUT2D eigenvalue weighted by atomic mass is 16.6. The molecule has 0 radical (unpaired) electrons. The number of hydroxylamine groups is 4. The van der Waals surface area contributed by atoms with Crippen LogP contribution in [0.2, 0.25) is 0 Å². The molecule has 0 unspecified atom stereocenters. The lowest BCUT2D eigenvalue weighted by Gasteiger charge is -2.67. The summed E-state index contributed by atoms with van der Waals surface area (Å²) >= 11 is 0. The molecular formula is C20H25N3O2. The summed E-state index contributed by atoms with van der Waals surface area (Å²) in [5.41, 5.74) is 5.14. The molecule has 6 aliphatic rings. The molecule has 7 rings (SSSR count). The van der Waals surface area contributed by atoms with E-state index in [4.69, 9.17) is 0 Å². The number of quaternary nitrogens is 2. The minimum Gasteiger partial charge on any atom is -0.634 e. The van der Waals surface area contributed by atoms with Gasteiger partial charge in [-0.15, -0.1) is 0 Å². The van der Waals surface area contributed by atoms with Crippen LogP contribution in [0.3, 0.4) is 0 Å². The first kappa shape index (κ1) is 14.7. The van der Waals surface area contributed by atoms with Crippen molar-refractivity contribution in [2.45, 2.75) is 49.7 Å². The molecule has 1 aliphatic carbocycles. The number of para-hydroxylation sites is 1. The standard InChI is InChI=1S/C20H25N3O2/c1-2-12-10-23(25)17-7-13(12)14-8-20(9-18(14)23)15-5-3-4-6-16(15)22(11-21-24)19(17)20/h2-6,13-14,17-19H,7-11,21H2,1H3/b12-2+/t13-,14-,17-,18-,19-,20+,23-/m0/s1. The third kappa shape index (κ3) is 1.44. The average Bonchev–Trinajstić information content (AvgIpc) is 3.08. The number of anilines is 1. The van der Waals surface area contributed by atoms with E-state index in [9.17, 15) is 10.4 Å². The lowest BCUT2D eigenvalue weighted by atomic mass is 9.65. The Morgan fingerprint density at radius 2 is 2.16 bits per heavy atom. The Kier molecular flexibility index (Phi) is 2.63. The van der Waals surface area contributed by atoms with Gasteiger partial charge in [-0.2, -0.15) is 0 Å². The summed E-state index contributed by atoms with van der Waals surface area (Å²) in [6.07, 6.45) is 5.38. The molecule has 4 saturated heterocycles. The fourth-order valence-electron chi connectivity index (χ4n) is 7.73. The van der Waals surface area contributed by atoms with E-state index in [-0.39, 0.29) is 28.2 Å². The number of piperidine rings is 4. The van der Waals surface area contributed by atoms with E-state index in [1.54, 1.807) is 0 Å². The second-order valence-electron chi connectivity index (χ2n) is 8.86. The van der Waals surface area contributed by atoms with Gasteiger partial charge >= 0.3 is 0 Å². The van der Waals surface area contributed by atoms with Gasteiger partial charge in [0.2, 0.25) is 0 Å². The molecule has 5 nitrogen and oxygen atoms in total. The Morgan fingerprint density at radius 1 is 1.32 bits per heavy atom. The quantitative estimate of drug-likeness (QED) is 0.385. The van der Waals surface area contributed by atoms with E-state index < -0.39 is 0 Å². The molecule has 1 aromatic rings. The molecule has 5 aliphatic heterocycles. The van der Waals surface area contributed by atoms with Crippen molar-refractivity contribution in [3.05, 3.63) is 51.9 Å². The highest BCUT2D eigenvalue weighted by Gasteiger charge is 2.75. The molecule has 1 spiro atoms. The minimum atomic E-state index is -0.0173. The largest absolute Gasteiger partial charge is 0.634 e. The van der Waals surface area contributed by atoms with Gasteiger partial charge in [-0.3, -0.25) is 0 Å². The molecule has 5 heterocycles. The lowest BCUT2D eigenvalue weighted by molar-refractivity contribution is -0.947. The van der Waals surface area contributed by atoms with Gasteiger partial charge in [0.25, 0.3) is 0 Å². The van der Waals surface area contributed by atoms with E-state index >= 15 is 0 Å². The van der Waals surface area contributed by atoms with Gasteiger partial charge in [0.1, 0.15) is 12.6 Å². The van der Waals surface area contributed by atoms with Crippen LogP contribution in [0.15, 0.2) is 35.9 Å². The van der Waals surface area contributed by atoms with Gasteiger partial charge in [0, 0.05) is 29.9 Å². The highest BCUT2D eigenvalue weighted by Crippen LogP contribution is 2.70. The number of hydrogen-bond acceptors (Lipinski definition) is 3. The summed E-state index contributed by atoms with van der Waals surface area (Å²) < 4.78 is -0.0173. The summed E-state index contributed by atoms with van der Waals surface area (Å²) in [6, 6.07) is 9.23. The van der Waals surface area contributed by atoms with Crippen LogP contribution in [-0.4, -0.2) is 36.0 Å². The monoisotopic (exact) mass is 339 g/mol. The smallest absolute Gasteiger partial charge is 0.151 e. The van der Waals surface area contributed by atoms with Crippen molar-refractivity contribution in [1.82, 2.24) is 0 Å². The highest BCUT2D eigenvalue weighted by molar-refractivity contribution is 5.66. The number of fused-ring (bicyclic) bond motifs is 2. The molecular weight excluding hydrogens is 314 g/mol. The van der Waals surface area contributed by atoms with Gasteiger partial charge in [-0.05, 0) is 36.5 Å². The predicted octanol–water partition coefficient (Wildman–Crippen LogP) is 1.59. The van der Waals surface area contributed by atoms with Gasteiger partial charge < -0.3 is 25.4 Å². The Labute approximate surface area is 148 Å². The fourth-order valence-corrected chi connectivity index (χ4v) is 7.73. The molecule has 1 saturated carbocycles. The molecule has 25 heavy (non-hydrogen) atoms. The topological polar surface area (TPSA) is 66.0 Å². The van der Waals surface area contributed by atoms with Crippen molar-refractivity contribution >= 4 is 5.69 Å². The number of allylic oxidation sites excluding steroid dienone is 1. The van der Waals surface area contributed by atoms with Crippen molar-refractivity contribution < 1.29 is 10.1 Å². The third-order valence-corrected chi connectivity index (χ3v) is 8.37. The number of benzene rings is 1. The second-order valence-corrected chi connectivity index (χ2v) is 8.86. The van der Waals surface area contributed by atoms with Crippen molar-refractivity contribution in [2.75, 3.05) is 18.1 Å². The zero-order valence-corrected chi connectivity index (χ0v) is 14.6. The first-order valence-corrected chi connectivity index (χ1v) is 9.67. The zero-order chi connectivity index (χ0) is 17.0. The second kappa shape index (κ2) is 4.46. The molecule has 0 amide bonds. The van der Waals surface area contributed by atoms with Crippen LogP contribution in [0.1, 0.15) is 31.7 Å². The minimum absolute atomic E-state index is 0.0173. The SMILES string of the molecule is C/C=C1\C[N@@+]2([O-])[C@H]3C[C@@]45C[C@H]3[C@H]1C[C@H]2[C@@H]4N(C[NH2+][O-])c1ccccc15. The number of hydrogen-bond donors (Lipinski definition) is 1. The van der Waals surface area contributed by atoms with E-state index in [0.717, 1.165) is 24.7 Å². The predicted molar refractivity (Wildman–Crippen MR) is 95.2 cm³/mol. The van der Waals surface area contributed by atoms with Crippen LogP contribution in [0, 0.1) is 22.3 Å². The van der Waals surface area contributed by atoms with Crippen LogP contribution in [0.4, 0.5) is 5.69 Å². The van der Waals surface area contributed by atoms with Crippen molar-refractivity contribution in [1.29, 1.82) is 0 Å². The number of rotatable bonds is 2. The lowest BCUT2D eigenvalue weighted by Crippen LogP contribution is -2.84. The maximum Gasteiger partial charge on any atom is 0.151 e. The molecule has 2 N–H and O–H groups in total. The Hall–Kier alpha value is -1.40.